The molecule has 0 spiro atoms. The van der Waals surface area contributed by atoms with Crippen molar-refractivity contribution in [1.82, 2.24) is 20.2 Å². The van der Waals surface area contributed by atoms with Crippen LogP contribution in [0.3, 0.4) is 0 Å². The summed E-state index contributed by atoms with van der Waals surface area (Å²) in [6.07, 6.45) is 2.67. The number of nitrogens with two attached hydrogens (primary N) is 1. The molecule has 154 valence electrons. The number of nitrogen functional groups attached to an aromatic ring is 1. The van der Waals surface area contributed by atoms with E-state index in [1.165, 1.54) is 27.2 Å². The Kier molecular flexibility index (Phi) is 7.14. The van der Waals surface area contributed by atoms with Gasteiger partial charge in [-0.3, -0.25) is 4.79 Å². The maximum atomic E-state index is 12.2. The molecule has 3 aromatic rings. The van der Waals surface area contributed by atoms with Crippen LogP contribution in [-0.4, -0.2) is 32.6 Å². The fraction of sp³-hybridized carbons (Fsp3) is 0.409. The topological polar surface area (TPSA) is 85.8 Å². The molecule has 0 unspecified atom stereocenters. The average Bonchev–Trinajstić information content (AvgIpc) is 3.04. The number of amides is 1. The van der Waals surface area contributed by atoms with Crippen molar-refractivity contribution in [1.29, 1.82) is 0 Å². The number of carbonyl (C=O) groups excluding carboxylic acids is 1. The minimum Gasteiger partial charge on any atom is -0.353 e. The molecule has 1 amide bonds. The van der Waals surface area contributed by atoms with Crippen molar-refractivity contribution in [3.05, 3.63) is 53.9 Å². The fourth-order valence-electron chi connectivity index (χ4n) is 3.25. The maximum Gasteiger partial charge on any atom is 0.230 e. The Labute approximate surface area is 176 Å². The largest absolute Gasteiger partial charge is 0.353 e. The number of thioether (sulfide) groups is 1. The van der Waals surface area contributed by atoms with Crippen molar-refractivity contribution < 1.29 is 4.79 Å². The highest BCUT2D eigenvalue weighted by Gasteiger charge is 2.15. The van der Waals surface area contributed by atoms with Crippen LogP contribution < -0.4 is 11.2 Å². The third-order valence-electron chi connectivity index (χ3n) is 4.88. The molecule has 3 rings (SSSR count). The predicted octanol–water partition coefficient (Wildman–Crippen LogP) is 3.77. The molecule has 0 bridgehead atoms. The van der Waals surface area contributed by atoms with E-state index < -0.39 is 0 Å². The van der Waals surface area contributed by atoms with Crippen LogP contribution in [0.1, 0.15) is 45.0 Å². The second kappa shape index (κ2) is 9.78. The van der Waals surface area contributed by atoms with Gasteiger partial charge in [0, 0.05) is 12.5 Å². The van der Waals surface area contributed by atoms with Gasteiger partial charge in [-0.1, -0.05) is 68.1 Å². The van der Waals surface area contributed by atoms with Gasteiger partial charge in [-0.25, -0.2) is 4.68 Å². The van der Waals surface area contributed by atoms with E-state index in [0.29, 0.717) is 23.3 Å². The number of rotatable bonds is 9. The summed E-state index contributed by atoms with van der Waals surface area (Å²) in [5.74, 6) is 7.78. The average molecular weight is 412 g/mol. The number of nitrogens with zero attached hydrogens (tertiary/aromatic N) is 3. The van der Waals surface area contributed by atoms with Crippen LogP contribution in [0.5, 0.6) is 0 Å². The zero-order valence-corrected chi connectivity index (χ0v) is 18.1. The van der Waals surface area contributed by atoms with Gasteiger partial charge in [0.2, 0.25) is 11.1 Å². The van der Waals surface area contributed by atoms with Crippen LogP contribution in [-0.2, 0) is 11.2 Å². The lowest BCUT2D eigenvalue weighted by molar-refractivity contribution is -0.119. The number of aromatic nitrogens is 3. The van der Waals surface area contributed by atoms with Crippen LogP contribution in [0.25, 0.3) is 10.8 Å². The molecule has 0 fully saturated rings. The highest BCUT2D eigenvalue weighted by Crippen LogP contribution is 2.22. The Morgan fingerprint density at radius 3 is 2.66 bits per heavy atom. The summed E-state index contributed by atoms with van der Waals surface area (Å²) in [5, 5.41) is 14.4. The third kappa shape index (κ3) is 5.73. The molecule has 2 aromatic carbocycles. The number of benzene rings is 2. The molecule has 1 atom stereocenters. The summed E-state index contributed by atoms with van der Waals surface area (Å²) in [7, 11) is 0. The van der Waals surface area contributed by atoms with Crippen LogP contribution >= 0.6 is 11.8 Å². The lowest BCUT2D eigenvalue weighted by Gasteiger charge is -2.14. The quantitative estimate of drug-likeness (QED) is 0.413. The molecule has 1 aromatic heterocycles. The maximum absolute atomic E-state index is 12.2. The second-order valence-corrected chi connectivity index (χ2v) is 8.75. The molecule has 7 heteroatoms. The van der Waals surface area contributed by atoms with Gasteiger partial charge in [-0.2, -0.15) is 0 Å². The molecule has 0 saturated heterocycles. The van der Waals surface area contributed by atoms with Crippen molar-refractivity contribution in [2.24, 2.45) is 5.92 Å². The first-order chi connectivity index (χ1) is 13.9. The summed E-state index contributed by atoms with van der Waals surface area (Å²) < 4.78 is 1.49. The summed E-state index contributed by atoms with van der Waals surface area (Å²) >= 11 is 1.31. The normalized spacial score (nSPS) is 12.4. The van der Waals surface area contributed by atoms with Crippen molar-refractivity contribution in [2.45, 2.75) is 51.2 Å². The van der Waals surface area contributed by atoms with E-state index in [4.69, 9.17) is 5.84 Å². The van der Waals surface area contributed by atoms with Crippen LogP contribution in [0, 0.1) is 5.92 Å². The van der Waals surface area contributed by atoms with E-state index in [-0.39, 0.29) is 17.7 Å². The first kappa shape index (κ1) is 21.2. The zero-order chi connectivity index (χ0) is 20.8. The van der Waals surface area contributed by atoms with Crippen molar-refractivity contribution in [2.75, 3.05) is 11.6 Å². The van der Waals surface area contributed by atoms with E-state index in [0.717, 1.165) is 18.4 Å². The predicted molar refractivity (Wildman–Crippen MR) is 119 cm³/mol. The van der Waals surface area contributed by atoms with Gasteiger partial charge in [0.15, 0.2) is 5.82 Å². The third-order valence-corrected chi connectivity index (χ3v) is 5.82. The minimum atomic E-state index is -0.00939. The van der Waals surface area contributed by atoms with Gasteiger partial charge in [0.05, 0.1) is 5.75 Å². The lowest BCUT2D eigenvalue weighted by Crippen LogP contribution is -2.34. The van der Waals surface area contributed by atoms with Crippen molar-refractivity contribution in [3.63, 3.8) is 0 Å². The molecule has 0 aliphatic heterocycles. The summed E-state index contributed by atoms with van der Waals surface area (Å²) in [5.41, 5.74) is 1.15. The minimum absolute atomic E-state index is 0.00939. The first-order valence-corrected chi connectivity index (χ1v) is 11.0. The number of carbonyl (C=O) groups is 1. The van der Waals surface area contributed by atoms with E-state index in [1.807, 2.05) is 25.1 Å². The van der Waals surface area contributed by atoms with Crippen molar-refractivity contribution in [3.8, 4) is 0 Å². The Morgan fingerprint density at radius 2 is 1.86 bits per heavy atom. The summed E-state index contributed by atoms with van der Waals surface area (Å²) in [4.78, 5) is 12.2. The van der Waals surface area contributed by atoms with E-state index >= 15 is 0 Å². The SMILES string of the molecule is CC(C)CC[C@H](C)NC(=O)CSc1nnc(Cc2cccc3ccccc23)n1N. The molecule has 1 heterocycles. The van der Waals surface area contributed by atoms with Gasteiger partial charge < -0.3 is 11.2 Å². The van der Waals surface area contributed by atoms with E-state index in [1.54, 1.807) is 0 Å². The van der Waals surface area contributed by atoms with Gasteiger partial charge in [0.1, 0.15) is 0 Å². The summed E-state index contributed by atoms with van der Waals surface area (Å²) in [6.45, 7) is 6.42. The van der Waals surface area contributed by atoms with Crippen LogP contribution in [0.15, 0.2) is 47.6 Å². The molecule has 3 N–H and O–H groups in total. The monoisotopic (exact) mass is 411 g/mol. The number of nitrogens with one attached hydrogen (secondary N) is 1. The van der Waals surface area contributed by atoms with Gasteiger partial charge >= 0.3 is 0 Å². The lowest BCUT2D eigenvalue weighted by atomic mass is 10.0. The molecule has 0 radical (unpaired) electrons. The Hall–Kier alpha value is -2.54. The molecule has 6 nitrogen and oxygen atoms in total. The fourth-order valence-corrected chi connectivity index (χ4v) is 3.93. The first-order valence-electron chi connectivity index (χ1n) is 10.0. The van der Waals surface area contributed by atoms with Gasteiger partial charge in [-0.15, -0.1) is 10.2 Å². The van der Waals surface area contributed by atoms with Crippen LogP contribution in [0.4, 0.5) is 0 Å². The Morgan fingerprint density at radius 1 is 1.10 bits per heavy atom. The van der Waals surface area contributed by atoms with Gasteiger partial charge in [0.25, 0.3) is 0 Å². The molecular weight excluding hydrogens is 382 g/mol. The van der Waals surface area contributed by atoms with Crippen molar-refractivity contribution >= 4 is 28.4 Å². The highest BCUT2D eigenvalue weighted by molar-refractivity contribution is 7.99. The number of hydrogen-bond acceptors (Lipinski definition) is 5. The molecule has 0 aliphatic rings. The molecular formula is C22H29N5OS. The second-order valence-electron chi connectivity index (χ2n) is 7.81. The standard InChI is InChI=1S/C22H29N5OS/c1-15(2)11-12-16(3)24-21(28)14-29-22-26-25-20(27(22)23)13-18-9-6-8-17-7-4-5-10-19(17)18/h4-10,15-16H,11-14,23H2,1-3H3,(H,24,28)/t16-/m0/s1. The highest BCUT2D eigenvalue weighted by atomic mass is 32.2. The summed E-state index contributed by atoms with van der Waals surface area (Å²) in [6, 6.07) is 14.6. The number of hydrogen-bond donors (Lipinski definition) is 2. The zero-order valence-electron chi connectivity index (χ0n) is 17.3. The van der Waals surface area contributed by atoms with Crippen LogP contribution in [0.2, 0.25) is 0 Å². The molecule has 0 saturated carbocycles. The van der Waals surface area contributed by atoms with E-state index in [9.17, 15) is 4.79 Å². The Bertz CT molecular complexity index is 963. The molecule has 0 aliphatic carbocycles. The molecule has 29 heavy (non-hydrogen) atoms. The smallest absolute Gasteiger partial charge is 0.230 e. The van der Waals surface area contributed by atoms with Gasteiger partial charge in [-0.05, 0) is 42.0 Å². The van der Waals surface area contributed by atoms with E-state index in [2.05, 4.69) is 53.6 Å². The number of fused-ring (bicyclic) bond motifs is 1. The Balaban J connectivity index is 1.59.